The molecule has 0 aliphatic carbocycles. The highest BCUT2D eigenvalue weighted by atomic mass is 16.5. The molecule has 1 heterocycles. The van der Waals surface area contributed by atoms with E-state index in [1.807, 2.05) is 13.8 Å². The summed E-state index contributed by atoms with van der Waals surface area (Å²) in [6.07, 6.45) is 2.72. The van der Waals surface area contributed by atoms with E-state index in [2.05, 4.69) is 10.3 Å². The van der Waals surface area contributed by atoms with Crippen LogP contribution in [0.5, 0.6) is 5.75 Å². The molecule has 1 rings (SSSR count). The lowest BCUT2D eigenvalue weighted by Gasteiger charge is -2.14. The van der Waals surface area contributed by atoms with Gasteiger partial charge >= 0.3 is 5.97 Å². The fourth-order valence-electron chi connectivity index (χ4n) is 1.49. The highest BCUT2D eigenvalue weighted by Crippen LogP contribution is 2.11. The lowest BCUT2D eigenvalue weighted by molar-refractivity contribution is -0.148. The minimum absolute atomic E-state index is 0.113. The van der Waals surface area contributed by atoms with Gasteiger partial charge in [0.25, 0.3) is 5.91 Å². The lowest BCUT2D eigenvalue weighted by Crippen LogP contribution is -2.32. The Balaban J connectivity index is 2.47. The number of aromatic nitrogens is 1. The van der Waals surface area contributed by atoms with Crippen molar-refractivity contribution in [3.63, 3.8) is 0 Å². The summed E-state index contributed by atoms with van der Waals surface area (Å²) in [5.74, 6) is -1.34. The van der Waals surface area contributed by atoms with Crippen LogP contribution in [0.1, 0.15) is 37.2 Å². The SMILES string of the molecule is CCC(CC)OC(=O)CNC(=O)c1ncccc1O. The molecular weight excluding hydrogens is 248 g/mol. The topological polar surface area (TPSA) is 88.5 Å². The highest BCUT2D eigenvalue weighted by Gasteiger charge is 2.15. The van der Waals surface area contributed by atoms with E-state index < -0.39 is 11.9 Å². The summed E-state index contributed by atoms with van der Waals surface area (Å²) in [6, 6.07) is 2.86. The predicted molar refractivity (Wildman–Crippen MR) is 68.7 cm³/mol. The molecule has 1 aromatic heterocycles. The zero-order valence-electron chi connectivity index (χ0n) is 11.0. The van der Waals surface area contributed by atoms with Gasteiger partial charge in [0.1, 0.15) is 18.4 Å². The first-order valence-electron chi connectivity index (χ1n) is 6.20. The zero-order valence-corrected chi connectivity index (χ0v) is 11.0. The summed E-state index contributed by atoms with van der Waals surface area (Å²) in [6.45, 7) is 3.60. The van der Waals surface area contributed by atoms with Gasteiger partial charge in [-0.3, -0.25) is 9.59 Å². The van der Waals surface area contributed by atoms with E-state index in [9.17, 15) is 14.7 Å². The number of hydrogen-bond donors (Lipinski definition) is 2. The van der Waals surface area contributed by atoms with Crippen LogP contribution >= 0.6 is 0 Å². The largest absolute Gasteiger partial charge is 0.505 e. The van der Waals surface area contributed by atoms with Crippen molar-refractivity contribution >= 4 is 11.9 Å². The maximum atomic E-state index is 11.7. The fourth-order valence-corrected chi connectivity index (χ4v) is 1.49. The molecule has 104 valence electrons. The van der Waals surface area contributed by atoms with Gasteiger partial charge in [0.15, 0.2) is 5.69 Å². The maximum Gasteiger partial charge on any atom is 0.325 e. The van der Waals surface area contributed by atoms with E-state index in [-0.39, 0.29) is 24.1 Å². The number of amides is 1. The minimum atomic E-state index is -0.611. The molecule has 0 aromatic carbocycles. The molecular formula is C13H18N2O4. The van der Waals surface area contributed by atoms with E-state index in [0.29, 0.717) is 0 Å². The third-order valence-electron chi connectivity index (χ3n) is 2.60. The van der Waals surface area contributed by atoms with Crippen LogP contribution in [0.25, 0.3) is 0 Å². The second-order valence-corrected chi connectivity index (χ2v) is 3.98. The summed E-state index contributed by atoms with van der Waals surface area (Å²) in [7, 11) is 0. The van der Waals surface area contributed by atoms with Crippen LogP contribution in [0, 0.1) is 0 Å². The van der Waals surface area contributed by atoms with Crippen molar-refractivity contribution in [1.29, 1.82) is 0 Å². The third-order valence-corrected chi connectivity index (χ3v) is 2.60. The van der Waals surface area contributed by atoms with Crippen LogP contribution in [0.15, 0.2) is 18.3 Å². The Bertz CT molecular complexity index is 444. The molecule has 0 atom stereocenters. The molecule has 0 aliphatic rings. The molecule has 0 unspecified atom stereocenters. The fraction of sp³-hybridized carbons (Fsp3) is 0.462. The Morgan fingerprint density at radius 3 is 2.68 bits per heavy atom. The zero-order chi connectivity index (χ0) is 14.3. The Morgan fingerprint density at radius 2 is 2.11 bits per heavy atom. The van der Waals surface area contributed by atoms with Crippen molar-refractivity contribution in [2.24, 2.45) is 0 Å². The van der Waals surface area contributed by atoms with E-state index in [1.54, 1.807) is 0 Å². The van der Waals surface area contributed by atoms with E-state index >= 15 is 0 Å². The van der Waals surface area contributed by atoms with Crippen LogP contribution in [0.3, 0.4) is 0 Å². The van der Waals surface area contributed by atoms with E-state index in [0.717, 1.165) is 12.8 Å². The summed E-state index contributed by atoms with van der Waals surface area (Å²) < 4.78 is 5.13. The Hall–Kier alpha value is -2.11. The molecule has 0 bridgehead atoms. The van der Waals surface area contributed by atoms with E-state index in [4.69, 9.17) is 4.74 Å². The third kappa shape index (κ3) is 4.57. The molecule has 1 aromatic rings. The van der Waals surface area contributed by atoms with Gasteiger partial charge in [-0.05, 0) is 25.0 Å². The quantitative estimate of drug-likeness (QED) is 0.756. The predicted octanol–water partition coefficient (Wildman–Crippen LogP) is 1.25. The van der Waals surface area contributed by atoms with Crippen LogP contribution in [0.4, 0.5) is 0 Å². The number of pyridine rings is 1. The van der Waals surface area contributed by atoms with Crippen molar-refractivity contribution in [2.75, 3.05) is 6.54 Å². The Labute approximate surface area is 111 Å². The van der Waals surface area contributed by atoms with E-state index in [1.165, 1.54) is 18.3 Å². The average Bonchev–Trinajstić information content (AvgIpc) is 2.42. The van der Waals surface area contributed by atoms with Gasteiger partial charge in [-0.1, -0.05) is 13.8 Å². The number of esters is 1. The molecule has 0 saturated heterocycles. The van der Waals surface area contributed by atoms with Crippen molar-refractivity contribution < 1.29 is 19.4 Å². The number of aromatic hydroxyl groups is 1. The van der Waals surface area contributed by atoms with Crippen molar-refractivity contribution in [2.45, 2.75) is 32.8 Å². The smallest absolute Gasteiger partial charge is 0.325 e. The van der Waals surface area contributed by atoms with Gasteiger partial charge in [-0.2, -0.15) is 0 Å². The number of nitrogens with zero attached hydrogens (tertiary/aromatic N) is 1. The summed E-state index contributed by atoms with van der Waals surface area (Å²) in [4.78, 5) is 26.9. The summed E-state index contributed by atoms with van der Waals surface area (Å²) in [5.41, 5.74) is -0.113. The van der Waals surface area contributed by atoms with Crippen molar-refractivity contribution in [3.8, 4) is 5.75 Å². The van der Waals surface area contributed by atoms with Crippen LogP contribution in [0.2, 0.25) is 0 Å². The molecule has 2 N–H and O–H groups in total. The van der Waals surface area contributed by atoms with Crippen molar-refractivity contribution in [1.82, 2.24) is 10.3 Å². The number of nitrogens with one attached hydrogen (secondary N) is 1. The van der Waals surface area contributed by atoms with Crippen LogP contribution < -0.4 is 5.32 Å². The molecule has 1 amide bonds. The van der Waals surface area contributed by atoms with Gasteiger partial charge in [0, 0.05) is 6.20 Å². The molecule has 6 nitrogen and oxygen atoms in total. The molecule has 19 heavy (non-hydrogen) atoms. The second kappa shape index (κ2) is 7.35. The molecule has 0 aliphatic heterocycles. The number of carbonyl (C=O) groups excluding carboxylic acids is 2. The summed E-state index contributed by atoms with van der Waals surface area (Å²) >= 11 is 0. The number of rotatable bonds is 6. The number of ether oxygens (including phenoxy) is 1. The summed E-state index contributed by atoms with van der Waals surface area (Å²) in [5, 5.41) is 11.8. The van der Waals surface area contributed by atoms with Crippen molar-refractivity contribution in [3.05, 3.63) is 24.0 Å². The highest BCUT2D eigenvalue weighted by molar-refractivity contribution is 5.96. The number of hydrogen-bond acceptors (Lipinski definition) is 5. The van der Waals surface area contributed by atoms with Gasteiger partial charge < -0.3 is 15.2 Å². The monoisotopic (exact) mass is 266 g/mol. The normalized spacial score (nSPS) is 10.3. The van der Waals surface area contributed by atoms with Gasteiger partial charge in [0.2, 0.25) is 0 Å². The lowest BCUT2D eigenvalue weighted by atomic mass is 10.2. The van der Waals surface area contributed by atoms with Gasteiger partial charge in [0.05, 0.1) is 0 Å². The second-order valence-electron chi connectivity index (χ2n) is 3.98. The first kappa shape index (κ1) is 14.9. The maximum absolute atomic E-state index is 11.7. The Morgan fingerprint density at radius 1 is 1.42 bits per heavy atom. The van der Waals surface area contributed by atoms with Crippen LogP contribution in [-0.4, -0.2) is 34.6 Å². The standard InChI is InChI=1S/C13H18N2O4/c1-3-9(4-2)19-11(17)8-15-13(18)12-10(16)6-5-7-14-12/h5-7,9,16H,3-4,8H2,1-2H3,(H,15,18). The molecule has 6 heteroatoms. The number of carbonyl (C=O) groups is 2. The Kier molecular flexibility index (Phi) is 5.78. The van der Waals surface area contributed by atoms with Crippen LogP contribution in [-0.2, 0) is 9.53 Å². The molecule has 0 saturated carbocycles. The van der Waals surface area contributed by atoms with Gasteiger partial charge in [-0.15, -0.1) is 0 Å². The molecule has 0 fully saturated rings. The van der Waals surface area contributed by atoms with Gasteiger partial charge in [-0.25, -0.2) is 4.98 Å². The first-order valence-corrected chi connectivity index (χ1v) is 6.20. The first-order chi connectivity index (χ1) is 9.08. The molecule has 0 spiro atoms. The minimum Gasteiger partial charge on any atom is -0.505 e. The average molecular weight is 266 g/mol. The molecule has 0 radical (unpaired) electrons.